The van der Waals surface area contributed by atoms with Crippen molar-refractivity contribution in [2.45, 2.75) is 16.8 Å². The molecule has 0 radical (unpaired) electrons. The zero-order valence-electron chi connectivity index (χ0n) is 7.90. The molecule has 2 rings (SSSR count). The van der Waals surface area contributed by atoms with E-state index in [4.69, 9.17) is 0 Å². The SMILES string of the molecule is CN1C(=O)C(I)CCc2cccnc21. The van der Waals surface area contributed by atoms with Gasteiger partial charge in [-0.2, -0.15) is 0 Å². The van der Waals surface area contributed by atoms with Crippen LogP contribution < -0.4 is 4.90 Å². The van der Waals surface area contributed by atoms with E-state index in [1.54, 1.807) is 18.1 Å². The largest absolute Gasteiger partial charge is 0.299 e. The van der Waals surface area contributed by atoms with Gasteiger partial charge in [-0.1, -0.05) is 28.7 Å². The van der Waals surface area contributed by atoms with Crippen LogP contribution in [-0.2, 0) is 11.2 Å². The molecule has 0 bridgehead atoms. The molecule has 74 valence electrons. The van der Waals surface area contributed by atoms with E-state index in [1.807, 2.05) is 12.1 Å². The first-order valence-electron chi connectivity index (χ1n) is 4.55. The van der Waals surface area contributed by atoms with Crippen LogP contribution in [0.3, 0.4) is 0 Å². The van der Waals surface area contributed by atoms with Crippen LogP contribution in [0.25, 0.3) is 0 Å². The molecule has 1 amide bonds. The van der Waals surface area contributed by atoms with Gasteiger partial charge in [0.25, 0.3) is 0 Å². The Morgan fingerprint density at radius 3 is 3.21 bits per heavy atom. The van der Waals surface area contributed by atoms with Crippen LogP contribution >= 0.6 is 22.6 Å². The zero-order valence-corrected chi connectivity index (χ0v) is 10.1. The fraction of sp³-hybridized carbons (Fsp3) is 0.400. The third-order valence-electron chi connectivity index (χ3n) is 2.45. The van der Waals surface area contributed by atoms with Gasteiger partial charge in [-0.25, -0.2) is 4.98 Å². The molecule has 1 unspecified atom stereocenters. The van der Waals surface area contributed by atoms with E-state index in [1.165, 1.54) is 5.56 Å². The number of rotatable bonds is 0. The number of aromatic nitrogens is 1. The van der Waals surface area contributed by atoms with Crippen molar-refractivity contribution >= 4 is 34.3 Å². The quantitative estimate of drug-likeness (QED) is 0.541. The molecule has 1 aromatic heterocycles. The Morgan fingerprint density at radius 1 is 1.64 bits per heavy atom. The van der Waals surface area contributed by atoms with Crippen LogP contribution in [0.15, 0.2) is 18.3 Å². The normalized spacial score (nSPS) is 21.7. The molecule has 1 aromatic rings. The number of hydrogen-bond donors (Lipinski definition) is 0. The minimum absolute atomic E-state index is 0.0757. The van der Waals surface area contributed by atoms with Crippen LogP contribution in [0.4, 0.5) is 5.82 Å². The highest BCUT2D eigenvalue weighted by molar-refractivity contribution is 14.1. The maximum absolute atomic E-state index is 11.8. The summed E-state index contributed by atoms with van der Waals surface area (Å²) in [4.78, 5) is 17.7. The van der Waals surface area contributed by atoms with Crippen LogP contribution in [0.5, 0.6) is 0 Å². The standard InChI is InChI=1S/C10H11IN2O/c1-13-9-7(3-2-6-12-9)4-5-8(11)10(13)14/h2-3,6,8H,4-5H2,1H3. The number of aryl methyl sites for hydroxylation is 1. The number of pyridine rings is 1. The van der Waals surface area contributed by atoms with Crippen molar-refractivity contribution in [3.8, 4) is 0 Å². The second-order valence-electron chi connectivity index (χ2n) is 3.39. The third-order valence-corrected chi connectivity index (χ3v) is 3.61. The molecule has 14 heavy (non-hydrogen) atoms. The first-order valence-corrected chi connectivity index (χ1v) is 5.80. The summed E-state index contributed by atoms with van der Waals surface area (Å²) in [6, 6.07) is 3.96. The van der Waals surface area contributed by atoms with Crippen LogP contribution in [0.2, 0.25) is 0 Å². The molecule has 1 aliphatic rings. The predicted molar refractivity (Wildman–Crippen MR) is 63.8 cm³/mol. The first-order chi connectivity index (χ1) is 6.70. The molecule has 0 saturated heterocycles. The Hall–Kier alpha value is -0.650. The number of halogens is 1. The molecule has 0 aromatic carbocycles. The number of carbonyl (C=O) groups is 1. The van der Waals surface area contributed by atoms with Gasteiger partial charge in [-0.3, -0.25) is 9.69 Å². The van der Waals surface area contributed by atoms with E-state index >= 15 is 0 Å². The number of anilines is 1. The van der Waals surface area contributed by atoms with Gasteiger partial charge in [0, 0.05) is 13.2 Å². The lowest BCUT2D eigenvalue weighted by molar-refractivity contribution is -0.117. The molecule has 4 heteroatoms. The minimum atomic E-state index is 0.0757. The molecule has 3 nitrogen and oxygen atoms in total. The highest BCUT2D eigenvalue weighted by atomic mass is 127. The molecule has 0 spiro atoms. The smallest absolute Gasteiger partial charge is 0.240 e. The summed E-state index contributed by atoms with van der Waals surface area (Å²) in [5.74, 6) is 0.972. The molecule has 0 saturated carbocycles. The predicted octanol–water partition coefficient (Wildman–Crippen LogP) is 1.79. The maximum Gasteiger partial charge on any atom is 0.240 e. The number of amides is 1. The van der Waals surface area contributed by atoms with E-state index in [2.05, 4.69) is 27.6 Å². The van der Waals surface area contributed by atoms with Gasteiger partial charge in [-0.15, -0.1) is 0 Å². The van der Waals surface area contributed by atoms with Crippen molar-refractivity contribution in [3.63, 3.8) is 0 Å². The monoisotopic (exact) mass is 302 g/mol. The second kappa shape index (κ2) is 3.84. The van der Waals surface area contributed by atoms with Crippen molar-refractivity contribution < 1.29 is 4.79 Å². The lowest BCUT2D eigenvalue weighted by Crippen LogP contribution is -2.32. The number of hydrogen-bond acceptors (Lipinski definition) is 2. The van der Waals surface area contributed by atoms with Crippen molar-refractivity contribution in [3.05, 3.63) is 23.9 Å². The average molecular weight is 302 g/mol. The highest BCUT2D eigenvalue weighted by Gasteiger charge is 2.26. The van der Waals surface area contributed by atoms with E-state index in [9.17, 15) is 4.79 Å². The van der Waals surface area contributed by atoms with Crippen molar-refractivity contribution in [2.24, 2.45) is 0 Å². The van der Waals surface area contributed by atoms with Gasteiger partial charge < -0.3 is 0 Å². The van der Waals surface area contributed by atoms with Crippen LogP contribution in [0, 0.1) is 0 Å². The van der Waals surface area contributed by atoms with E-state index < -0.39 is 0 Å². The number of fused-ring (bicyclic) bond motifs is 1. The Kier molecular flexibility index (Phi) is 2.71. The summed E-state index contributed by atoms with van der Waals surface area (Å²) >= 11 is 2.20. The van der Waals surface area contributed by atoms with Crippen molar-refractivity contribution in [1.82, 2.24) is 4.98 Å². The fourth-order valence-electron chi connectivity index (χ4n) is 1.65. The topological polar surface area (TPSA) is 33.2 Å². The summed E-state index contributed by atoms with van der Waals surface area (Å²) in [5.41, 5.74) is 1.17. The summed E-state index contributed by atoms with van der Waals surface area (Å²) in [6.45, 7) is 0. The van der Waals surface area contributed by atoms with Crippen molar-refractivity contribution in [2.75, 3.05) is 11.9 Å². The number of nitrogens with zero attached hydrogens (tertiary/aromatic N) is 2. The molecule has 0 N–H and O–H groups in total. The Labute approximate surface area is 96.7 Å². The molecule has 0 fully saturated rings. The number of alkyl halides is 1. The van der Waals surface area contributed by atoms with E-state index in [0.29, 0.717) is 0 Å². The van der Waals surface area contributed by atoms with Crippen LogP contribution in [-0.4, -0.2) is 21.9 Å². The van der Waals surface area contributed by atoms with E-state index in [-0.39, 0.29) is 9.83 Å². The lowest BCUT2D eigenvalue weighted by Gasteiger charge is -2.17. The Balaban J connectivity index is 2.45. The first kappa shape index (κ1) is 9.89. The lowest BCUT2D eigenvalue weighted by atomic mass is 10.1. The highest BCUT2D eigenvalue weighted by Crippen LogP contribution is 2.26. The van der Waals surface area contributed by atoms with Gasteiger partial charge >= 0.3 is 0 Å². The summed E-state index contributed by atoms with van der Waals surface area (Å²) in [7, 11) is 1.80. The maximum atomic E-state index is 11.8. The average Bonchev–Trinajstić information content (AvgIpc) is 2.32. The molecule has 1 aliphatic heterocycles. The van der Waals surface area contributed by atoms with Crippen LogP contribution in [0.1, 0.15) is 12.0 Å². The fourth-order valence-corrected chi connectivity index (χ4v) is 2.38. The number of carbonyl (C=O) groups excluding carboxylic acids is 1. The third kappa shape index (κ3) is 1.63. The molecule has 1 atom stereocenters. The zero-order chi connectivity index (χ0) is 10.1. The van der Waals surface area contributed by atoms with Gasteiger partial charge in [0.2, 0.25) is 5.91 Å². The van der Waals surface area contributed by atoms with Crippen molar-refractivity contribution in [1.29, 1.82) is 0 Å². The molecular weight excluding hydrogens is 291 g/mol. The second-order valence-corrected chi connectivity index (χ2v) is 4.89. The summed E-state index contributed by atoms with van der Waals surface area (Å²) in [6.07, 6.45) is 3.57. The Bertz CT molecular complexity index is 367. The van der Waals surface area contributed by atoms with E-state index in [0.717, 1.165) is 18.7 Å². The molecule has 2 heterocycles. The van der Waals surface area contributed by atoms with Gasteiger partial charge in [0.05, 0.1) is 3.92 Å². The van der Waals surface area contributed by atoms with Gasteiger partial charge in [0.1, 0.15) is 5.82 Å². The molecular formula is C10H11IN2O. The molecule has 0 aliphatic carbocycles. The summed E-state index contributed by atoms with van der Waals surface area (Å²) in [5, 5.41) is 0. The van der Waals surface area contributed by atoms with Gasteiger partial charge in [0.15, 0.2) is 0 Å². The summed E-state index contributed by atoms with van der Waals surface area (Å²) < 4.78 is 0.0757. The van der Waals surface area contributed by atoms with Gasteiger partial charge in [-0.05, 0) is 24.5 Å². The minimum Gasteiger partial charge on any atom is -0.299 e. The Morgan fingerprint density at radius 2 is 2.43 bits per heavy atom.